The molecule has 0 aromatic rings. The van der Waals surface area contributed by atoms with Crippen LogP contribution in [0.1, 0.15) is 9.11 Å². The van der Waals surface area contributed by atoms with Gasteiger partial charge < -0.3 is 10.8 Å². The fourth-order valence-corrected chi connectivity index (χ4v) is 0.607. The van der Waals surface area contributed by atoms with Gasteiger partial charge in [-0.05, 0) is 18.4 Å². The highest BCUT2D eigenvalue weighted by Gasteiger charge is 2.08. The van der Waals surface area contributed by atoms with Crippen LogP contribution in [-0.2, 0) is 4.79 Å². The first-order valence-electron chi connectivity index (χ1n) is 3.39. The Labute approximate surface area is 61.4 Å². The lowest BCUT2D eigenvalue weighted by atomic mass is 10.2. The molecule has 0 aliphatic carbocycles. The lowest BCUT2D eigenvalue weighted by Crippen LogP contribution is -2.30. The van der Waals surface area contributed by atoms with Gasteiger partial charge in [0, 0.05) is 2.74 Å². The number of hydrogen-bond acceptors (Lipinski definition) is 3. The molecule has 0 amide bonds. The van der Waals surface area contributed by atoms with E-state index in [1.807, 2.05) is 0 Å². The first kappa shape index (κ1) is 5.56. The molecule has 0 aliphatic rings. The van der Waals surface area contributed by atoms with Crippen LogP contribution in [0.3, 0.4) is 0 Å². The topological polar surface area (TPSA) is 63.3 Å². The van der Waals surface area contributed by atoms with Crippen molar-refractivity contribution in [2.24, 2.45) is 5.73 Å². The number of carboxylic acid groups (broad SMARTS) is 1. The van der Waals surface area contributed by atoms with Crippen molar-refractivity contribution in [2.75, 3.05) is 12.0 Å². The van der Waals surface area contributed by atoms with Gasteiger partial charge in [-0.2, -0.15) is 11.8 Å². The highest BCUT2D eigenvalue weighted by atomic mass is 32.2. The first-order chi connectivity index (χ1) is 4.91. The average Bonchev–Trinajstić information content (AvgIpc) is 1.86. The van der Waals surface area contributed by atoms with Crippen LogP contribution >= 0.6 is 11.8 Å². The zero-order chi connectivity index (χ0) is 9.07. The van der Waals surface area contributed by atoms with Crippen LogP contribution in [0.25, 0.3) is 0 Å². The van der Waals surface area contributed by atoms with Gasteiger partial charge >= 0.3 is 5.97 Å². The van der Waals surface area contributed by atoms with Gasteiger partial charge in [-0.3, -0.25) is 4.79 Å². The Kier molecular flexibility index (Phi) is 2.86. The summed E-state index contributed by atoms with van der Waals surface area (Å²) in [4.78, 5) is 10.2. The summed E-state index contributed by atoms with van der Waals surface area (Å²) >= 11 is 1.24. The van der Waals surface area contributed by atoms with Crippen LogP contribution in [0.4, 0.5) is 0 Å². The Morgan fingerprint density at radius 3 is 3.00 bits per heavy atom. The maximum absolute atomic E-state index is 10.2. The zero-order valence-corrected chi connectivity index (χ0v) is 5.94. The molecule has 9 heavy (non-hydrogen) atoms. The molecule has 0 bridgehead atoms. The molecule has 0 heterocycles. The van der Waals surface area contributed by atoms with Crippen molar-refractivity contribution in [1.82, 2.24) is 0 Å². The van der Waals surface area contributed by atoms with E-state index in [4.69, 9.17) is 13.6 Å². The van der Waals surface area contributed by atoms with E-state index >= 15 is 0 Å². The second-order valence-electron chi connectivity index (χ2n) is 1.45. The van der Waals surface area contributed by atoms with E-state index < -0.39 is 18.4 Å². The Morgan fingerprint density at radius 2 is 2.67 bits per heavy atom. The third kappa shape index (κ3) is 4.29. The summed E-state index contributed by atoms with van der Waals surface area (Å²) in [6, 6.07) is -1.44. The van der Waals surface area contributed by atoms with E-state index in [1.165, 1.54) is 11.8 Å². The summed E-state index contributed by atoms with van der Waals surface area (Å²) in [6.45, 7) is 0. The summed E-state index contributed by atoms with van der Waals surface area (Å²) in [5, 5.41) is 8.37. The molecule has 0 aromatic heterocycles. The van der Waals surface area contributed by atoms with Crippen molar-refractivity contribution in [3.8, 4) is 0 Å². The average molecular weight is 151 g/mol. The van der Waals surface area contributed by atoms with E-state index in [2.05, 4.69) is 0 Å². The van der Waals surface area contributed by atoms with E-state index in [1.54, 1.807) is 6.26 Å². The molecular weight excluding hydrogens is 138 g/mol. The van der Waals surface area contributed by atoms with E-state index in [-0.39, 0.29) is 5.75 Å². The maximum atomic E-state index is 10.2. The van der Waals surface area contributed by atoms with Crippen molar-refractivity contribution in [1.29, 1.82) is 0 Å². The molecule has 0 radical (unpaired) electrons. The Morgan fingerprint density at radius 1 is 2.11 bits per heavy atom. The predicted octanol–water partition coefficient (Wildman–Crippen LogP) is 0.151. The zero-order valence-electron chi connectivity index (χ0n) is 7.13. The Bertz CT molecular complexity index is 153. The third-order valence-corrected chi connectivity index (χ3v) is 1.17. The van der Waals surface area contributed by atoms with Crippen LogP contribution in [0.5, 0.6) is 0 Å². The predicted molar refractivity (Wildman–Crippen MR) is 38.6 cm³/mol. The molecule has 0 rings (SSSR count). The van der Waals surface area contributed by atoms with Crippen molar-refractivity contribution in [2.45, 2.75) is 12.4 Å². The number of nitrogens with two attached hydrogens (primary N) is 1. The van der Waals surface area contributed by atoms with E-state index in [9.17, 15) is 4.79 Å². The number of carbonyl (C=O) groups is 1. The molecule has 0 spiro atoms. The third-order valence-electron chi connectivity index (χ3n) is 0.714. The molecule has 3 N–H and O–H groups in total. The highest BCUT2D eigenvalue weighted by Crippen LogP contribution is 1.97. The molecule has 3 nitrogen and oxygen atoms in total. The molecule has 0 unspecified atom stereocenters. The number of thioether (sulfide) groups is 1. The van der Waals surface area contributed by atoms with Gasteiger partial charge in [-0.15, -0.1) is 0 Å². The standard InChI is InChI=1S/C5H11NO2S/c1-9-3-2-4(6)5(7)8/h4H,2-3,6H2,1H3,(H,7,8)/t4-/m0/s1/i2D2. The van der Waals surface area contributed by atoms with Gasteiger partial charge in [-0.25, -0.2) is 0 Å². The van der Waals surface area contributed by atoms with E-state index in [0.29, 0.717) is 0 Å². The smallest absolute Gasteiger partial charge is 0.320 e. The molecule has 0 saturated carbocycles. The van der Waals surface area contributed by atoms with Crippen LogP contribution in [0.15, 0.2) is 0 Å². The van der Waals surface area contributed by atoms with Gasteiger partial charge in [0.05, 0.1) is 0 Å². The molecule has 0 saturated heterocycles. The van der Waals surface area contributed by atoms with Crippen LogP contribution < -0.4 is 5.73 Å². The van der Waals surface area contributed by atoms with Gasteiger partial charge in [0.15, 0.2) is 0 Å². The summed E-state index contributed by atoms with van der Waals surface area (Å²) in [5.41, 5.74) is 5.09. The van der Waals surface area contributed by atoms with Gasteiger partial charge in [0.25, 0.3) is 0 Å². The number of carboxylic acids is 1. The molecule has 54 valence electrons. The lowest BCUT2D eigenvalue weighted by molar-refractivity contribution is -0.138. The molecule has 0 aliphatic heterocycles. The highest BCUT2D eigenvalue weighted by molar-refractivity contribution is 7.98. The fourth-order valence-electron chi connectivity index (χ4n) is 0.260. The second-order valence-corrected chi connectivity index (χ2v) is 2.32. The van der Waals surface area contributed by atoms with Crippen LogP contribution in [-0.4, -0.2) is 29.1 Å². The largest absolute Gasteiger partial charge is 0.480 e. The molecule has 1 atom stereocenters. The van der Waals surface area contributed by atoms with Crippen molar-refractivity contribution in [3.05, 3.63) is 0 Å². The minimum atomic E-state index is -1.83. The SMILES string of the molecule is [2H]C([2H])(CSC)[C@H](N)C(=O)O. The van der Waals surface area contributed by atoms with Gasteiger partial charge in [0.2, 0.25) is 0 Å². The Hall–Kier alpha value is -0.220. The van der Waals surface area contributed by atoms with Gasteiger partial charge in [-0.1, -0.05) is 0 Å². The quantitative estimate of drug-likeness (QED) is 0.600. The lowest BCUT2D eigenvalue weighted by Gasteiger charge is -2.02. The summed E-state index contributed by atoms with van der Waals surface area (Å²) in [7, 11) is 0. The van der Waals surface area contributed by atoms with Crippen molar-refractivity contribution >= 4 is 17.7 Å². The van der Waals surface area contributed by atoms with Crippen molar-refractivity contribution < 1.29 is 12.6 Å². The minimum Gasteiger partial charge on any atom is -0.480 e. The van der Waals surface area contributed by atoms with E-state index in [0.717, 1.165) is 0 Å². The number of hydrogen-bond donors (Lipinski definition) is 2. The molecule has 0 fully saturated rings. The molecule has 0 aromatic carbocycles. The number of aliphatic carboxylic acids is 1. The van der Waals surface area contributed by atoms with Crippen LogP contribution in [0, 0.1) is 0 Å². The minimum absolute atomic E-state index is 0.0977. The molecular formula is C5H11NO2S. The fraction of sp³-hybridized carbons (Fsp3) is 0.800. The normalized spacial score (nSPS) is 18.0. The van der Waals surface area contributed by atoms with Gasteiger partial charge in [0.1, 0.15) is 6.04 Å². The molecule has 4 heteroatoms. The summed E-state index contributed by atoms with van der Waals surface area (Å²) in [5.74, 6) is -1.20. The second kappa shape index (κ2) is 4.64. The summed E-state index contributed by atoms with van der Waals surface area (Å²) in [6.07, 6.45) is -0.127. The summed E-state index contributed by atoms with van der Waals surface area (Å²) < 4.78 is 14.4. The Balaban J connectivity index is 4.16. The number of rotatable bonds is 4. The van der Waals surface area contributed by atoms with Crippen LogP contribution in [0.2, 0.25) is 0 Å². The first-order valence-corrected chi connectivity index (χ1v) is 3.78. The van der Waals surface area contributed by atoms with Crippen molar-refractivity contribution in [3.63, 3.8) is 0 Å². The monoisotopic (exact) mass is 151 g/mol. The maximum Gasteiger partial charge on any atom is 0.320 e.